The molecule has 0 aliphatic carbocycles. The Morgan fingerprint density at radius 3 is 2.15 bits per heavy atom. The second-order valence-corrected chi connectivity index (χ2v) is 6.00. The highest BCUT2D eigenvalue weighted by Crippen LogP contribution is 2.31. The maximum atomic E-state index is 12.4. The van der Waals surface area contributed by atoms with Crippen LogP contribution in [-0.4, -0.2) is 24.5 Å². The minimum absolute atomic E-state index is 0.0838. The fourth-order valence-corrected chi connectivity index (χ4v) is 2.75. The van der Waals surface area contributed by atoms with Crippen LogP contribution in [0.2, 0.25) is 0 Å². The van der Waals surface area contributed by atoms with Gasteiger partial charge < -0.3 is 14.2 Å². The Morgan fingerprint density at radius 1 is 0.778 bits per heavy atom. The van der Waals surface area contributed by atoms with Crippen LogP contribution in [0.4, 0.5) is 0 Å². The number of esters is 1. The van der Waals surface area contributed by atoms with Crippen molar-refractivity contribution in [3.63, 3.8) is 0 Å². The van der Waals surface area contributed by atoms with E-state index in [4.69, 9.17) is 14.2 Å². The molecule has 1 atom stereocenters. The molecule has 0 bridgehead atoms. The monoisotopic (exact) mass is 360 g/mol. The summed E-state index contributed by atoms with van der Waals surface area (Å²) in [6.45, 7) is 0.0838. The molecular formula is C22H16O5. The average molecular weight is 360 g/mol. The molecule has 0 N–H and O–H groups in total. The lowest BCUT2D eigenvalue weighted by Crippen LogP contribution is -2.39. The van der Waals surface area contributed by atoms with Crippen molar-refractivity contribution >= 4 is 11.8 Å². The van der Waals surface area contributed by atoms with Gasteiger partial charge in [0.25, 0.3) is 0 Å². The molecule has 5 nitrogen and oxygen atoms in total. The summed E-state index contributed by atoms with van der Waals surface area (Å²) in [7, 11) is 0. The smallest absolute Gasteiger partial charge is 0.356 e. The lowest BCUT2D eigenvalue weighted by molar-refractivity contribution is -0.144. The first kappa shape index (κ1) is 16.8. The van der Waals surface area contributed by atoms with Crippen LogP contribution in [0.15, 0.2) is 78.9 Å². The largest absolute Gasteiger partial charge is 0.485 e. The molecule has 0 unspecified atom stereocenters. The molecule has 5 heteroatoms. The predicted molar refractivity (Wildman–Crippen MR) is 98.3 cm³/mol. The normalized spacial score (nSPS) is 15.0. The summed E-state index contributed by atoms with van der Waals surface area (Å²) >= 11 is 0. The van der Waals surface area contributed by atoms with E-state index in [1.54, 1.807) is 54.6 Å². The van der Waals surface area contributed by atoms with Crippen LogP contribution in [0.1, 0.15) is 15.9 Å². The van der Waals surface area contributed by atoms with Crippen LogP contribution < -0.4 is 14.2 Å². The highest BCUT2D eigenvalue weighted by atomic mass is 16.6. The van der Waals surface area contributed by atoms with Crippen molar-refractivity contribution in [2.24, 2.45) is 0 Å². The van der Waals surface area contributed by atoms with E-state index in [-0.39, 0.29) is 12.4 Å². The van der Waals surface area contributed by atoms with Crippen LogP contribution in [0, 0.1) is 0 Å². The van der Waals surface area contributed by atoms with Gasteiger partial charge in [-0.3, -0.25) is 4.79 Å². The fourth-order valence-electron chi connectivity index (χ4n) is 2.75. The van der Waals surface area contributed by atoms with E-state index in [9.17, 15) is 9.59 Å². The quantitative estimate of drug-likeness (QED) is 0.404. The van der Waals surface area contributed by atoms with Gasteiger partial charge in [0.15, 0.2) is 17.3 Å². The summed E-state index contributed by atoms with van der Waals surface area (Å²) in [4.78, 5) is 24.7. The molecular weight excluding hydrogens is 344 g/mol. The van der Waals surface area contributed by atoms with Gasteiger partial charge in [-0.15, -0.1) is 0 Å². The number of fused-ring (bicyclic) bond motifs is 1. The minimum Gasteiger partial charge on any atom is -0.485 e. The summed E-state index contributed by atoms with van der Waals surface area (Å²) in [5.41, 5.74) is 1.13. The Bertz CT molecular complexity index is 964. The van der Waals surface area contributed by atoms with Gasteiger partial charge in [-0.1, -0.05) is 42.5 Å². The molecule has 27 heavy (non-hydrogen) atoms. The standard InChI is InChI=1S/C22H16O5/c23-21(15-6-2-1-3-7-15)16-10-12-17(13-11-16)26-22(24)20-14-25-18-8-4-5-9-19(18)27-20/h1-13,20H,14H2/t20-/m1/s1. The molecule has 4 rings (SSSR count). The first-order valence-corrected chi connectivity index (χ1v) is 8.51. The van der Waals surface area contributed by atoms with Gasteiger partial charge in [0.2, 0.25) is 6.10 Å². The second-order valence-electron chi connectivity index (χ2n) is 6.00. The first-order chi connectivity index (χ1) is 13.2. The number of benzene rings is 3. The maximum absolute atomic E-state index is 12.4. The fraction of sp³-hybridized carbons (Fsp3) is 0.0909. The van der Waals surface area contributed by atoms with Gasteiger partial charge in [0.1, 0.15) is 12.4 Å². The van der Waals surface area contributed by atoms with Gasteiger partial charge in [-0.05, 0) is 36.4 Å². The third-order valence-electron chi connectivity index (χ3n) is 4.14. The Morgan fingerprint density at radius 2 is 1.41 bits per heavy atom. The molecule has 0 radical (unpaired) electrons. The van der Waals surface area contributed by atoms with E-state index in [1.165, 1.54) is 0 Å². The Kier molecular flexibility index (Phi) is 4.58. The summed E-state index contributed by atoms with van der Waals surface area (Å²) in [6, 6.07) is 22.6. The molecule has 3 aromatic rings. The number of hydrogen-bond donors (Lipinski definition) is 0. The second kappa shape index (κ2) is 7.33. The van der Waals surface area contributed by atoms with E-state index < -0.39 is 12.1 Å². The lowest BCUT2D eigenvalue weighted by Gasteiger charge is -2.24. The van der Waals surface area contributed by atoms with E-state index >= 15 is 0 Å². The molecule has 0 spiro atoms. The Labute approximate surface area is 156 Å². The zero-order valence-corrected chi connectivity index (χ0v) is 14.3. The number of hydrogen-bond acceptors (Lipinski definition) is 5. The average Bonchev–Trinajstić information content (AvgIpc) is 2.74. The van der Waals surface area contributed by atoms with Gasteiger partial charge in [-0.2, -0.15) is 0 Å². The van der Waals surface area contributed by atoms with E-state index in [2.05, 4.69) is 0 Å². The highest BCUT2D eigenvalue weighted by molar-refractivity contribution is 6.09. The summed E-state index contributed by atoms with van der Waals surface area (Å²) in [5, 5.41) is 0. The summed E-state index contributed by atoms with van der Waals surface area (Å²) in [6.07, 6.45) is -0.842. The topological polar surface area (TPSA) is 61.8 Å². The molecule has 1 heterocycles. The van der Waals surface area contributed by atoms with Crippen molar-refractivity contribution in [3.05, 3.63) is 90.0 Å². The van der Waals surface area contributed by atoms with Gasteiger partial charge in [-0.25, -0.2) is 4.79 Å². The van der Waals surface area contributed by atoms with Gasteiger partial charge >= 0.3 is 5.97 Å². The summed E-state index contributed by atoms with van der Waals surface area (Å²) in [5.74, 6) is 0.813. The van der Waals surface area contributed by atoms with Crippen molar-refractivity contribution in [3.8, 4) is 17.2 Å². The number of carbonyl (C=O) groups is 2. The number of rotatable bonds is 4. The minimum atomic E-state index is -0.842. The van der Waals surface area contributed by atoms with Crippen molar-refractivity contribution < 1.29 is 23.8 Å². The SMILES string of the molecule is O=C(c1ccccc1)c1ccc(OC(=O)[C@H]2COc3ccccc3O2)cc1. The molecule has 0 fully saturated rings. The Hall–Kier alpha value is -3.60. The molecule has 1 aliphatic heterocycles. The van der Waals surface area contributed by atoms with E-state index in [1.807, 2.05) is 24.3 Å². The zero-order chi connectivity index (χ0) is 18.6. The van der Waals surface area contributed by atoms with E-state index in [0.717, 1.165) is 0 Å². The van der Waals surface area contributed by atoms with Crippen molar-refractivity contribution in [2.45, 2.75) is 6.10 Å². The van der Waals surface area contributed by atoms with Crippen molar-refractivity contribution in [1.29, 1.82) is 0 Å². The van der Waals surface area contributed by atoms with Crippen molar-refractivity contribution in [1.82, 2.24) is 0 Å². The molecule has 0 saturated heterocycles. The van der Waals surface area contributed by atoms with E-state index in [0.29, 0.717) is 28.4 Å². The zero-order valence-electron chi connectivity index (χ0n) is 14.3. The third-order valence-corrected chi connectivity index (χ3v) is 4.14. The number of para-hydroxylation sites is 2. The molecule has 3 aromatic carbocycles. The first-order valence-electron chi connectivity index (χ1n) is 8.51. The molecule has 0 aromatic heterocycles. The molecule has 1 aliphatic rings. The van der Waals surface area contributed by atoms with Crippen LogP contribution in [0.5, 0.6) is 17.2 Å². The van der Waals surface area contributed by atoms with Gasteiger partial charge in [0, 0.05) is 11.1 Å². The van der Waals surface area contributed by atoms with Gasteiger partial charge in [0.05, 0.1) is 0 Å². The molecule has 134 valence electrons. The van der Waals surface area contributed by atoms with Crippen LogP contribution >= 0.6 is 0 Å². The maximum Gasteiger partial charge on any atom is 0.356 e. The third kappa shape index (κ3) is 3.67. The summed E-state index contributed by atoms with van der Waals surface area (Å²) < 4.78 is 16.5. The molecule has 0 saturated carbocycles. The van der Waals surface area contributed by atoms with Crippen molar-refractivity contribution in [2.75, 3.05) is 6.61 Å². The molecule has 0 amide bonds. The highest BCUT2D eigenvalue weighted by Gasteiger charge is 2.29. The van der Waals surface area contributed by atoms with Crippen LogP contribution in [0.25, 0.3) is 0 Å². The Balaban J connectivity index is 1.41. The van der Waals surface area contributed by atoms with Crippen LogP contribution in [0.3, 0.4) is 0 Å². The van der Waals surface area contributed by atoms with Crippen LogP contribution in [-0.2, 0) is 4.79 Å². The number of carbonyl (C=O) groups excluding carboxylic acids is 2. The lowest BCUT2D eigenvalue weighted by atomic mass is 10.0. The predicted octanol–water partition coefficient (Wildman–Crippen LogP) is 3.66. The number of ether oxygens (including phenoxy) is 3. The number of ketones is 1.